The Bertz CT molecular complexity index is 627. The van der Waals surface area contributed by atoms with Crippen molar-refractivity contribution in [3.8, 4) is 11.5 Å². The predicted molar refractivity (Wildman–Crippen MR) is 65.5 cm³/mol. The lowest BCUT2D eigenvalue weighted by Gasteiger charge is -2.09. The molecule has 0 atom stereocenters. The molecule has 1 aromatic heterocycles. The topological polar surface area (TPSA) is 65.2 Å². The number of rotatable bonds is 3. The smallest absolute Gasteiger partial charge is 0.181 e. The van der Waals surface area contributed by atoms with Crippen molar-refractivity contribution in [3.05, 3.63) is 46.7 Å². The zero-order valence-corrected chi connectivity index (χ0v) is 10.1. The zero-order chi connectivity index (χ0) is 14.0. The lowest BCUT2D eigenvalue weighted by molar-refractivity contribution is 0.112. The van der Waals surface area contributed by atoms with Crippen LogP contribution in [0.5, 0.6) is 11.5 Å². The molecule has 1 aromatic carbocycles. The highest BCUT2D eigenvalue weighted by Gasteiger charge is 2.13. The van der Waals surface area contributed by atoms with Crippen LogP contribution >= 0.6 is 11.6 Å². The summed E-state index contributed by atoms with van der Waals surface area (Å²) in [4.78, 5) is 14.2. The van der Waals surface area contributed by atoms with E-state index >= 15 is 0 Å². The monoisotopic (exact) mass is 284 g/mol. The Morgan fingerprint density at radius 3 is 2.63 bits per heavy atom. The summed E-state index contributed by atoms with van der Waals surface area (Å²) in [5, 5.41) is -0.226. The summed E-state index contributed by atoms with van der Waals surface area (Å²) in [6, 6.07) is 2.84. The molecule has 2 N–H and O–H groups in total. The molecule has 0 aliphatic carbocycles. The molecule has 19 heavy (non-hydrogen) atoms. The second kappa shape index (κ2) is 5.19. The number of nitrogen functional groups attached to an aromatic ring is 1. The lowest BCUT2D eigenvalue weighted by Crippen LogP contribution is -1.98. The quantitative estimate of drug-likeness (QED) is 0.879. The normalized spacial score (nSPS) is 10.3. The van der Waals surface area contributed by atoms with Crippen LogP contribution in [0, 0.1) is 11.6 Å². The van der Waals surface area contributed by atoms with Crippen LogP contribution in [0.3, 0.4) is 0 Å². The van der Waals surface area contributed by atoms with Gasteiger partial charge in [0, 0.05) is 12.1 Å². The van der Waals surface area contributed by atoms with Crippen LogP contribution in [0.15, 0.2) is 24.4 Å². The molecule has 4 nitrogen and oxygen atoms in total. The van der Waals surface area contributed by atoms with Crippen LogP contribution in [0.2, 0.25) is 5.02 Å². The van der Waals surface area contributed by atoms with Crippen molar-refractivity contribution >= 4 is 23.6 Å². The molecule has 0 aliphatic rings. The van der Waals surface area contributed by atoms with Gasteiger partial charge >= 0.3 is 0 Å². The summed E-state index contributed by atoms with van der Waals surface area (Å²) >= 11 is 5.67. The van der Waals surface area contributed by atoms with Crippen molar-refractivity contribution in [2.45, 2.75) is 0 Å². The maximum absolute atomic E-state index is 13.5. The van der Waals surface area contributed by atoms with Crippen LogP contribution in [-0.2, 0) is 0 Å². The van der Waals surface area contributed by atoms with Gasteiger partial charge in [0.1, 0.15) is 17.3 Å². The van der Waals surface area contributed by atoms with Gasteiger partial charge in [0.05, 0.1) is 16.9 Å². The summed E-state index contributed by atoms with van der Waals surface area (Å²) in [6.45, 7) is 0. The number of anilines is 1. The summed E-state index contributed by atoms with van der Waals surface area (Å²) in [7, 11) is 0. The molecule has 0 saturated carbocycles. The van der Waals surface area contributed by atoms with Crippen molar-refractivity contribution in [1.29, 1.82) is 0 Å². The zero-order valence-electron chi connectivity index (χ0n) is 9.36. The number of aromatic nitrogens is 1. The third-order valence-corrected chi connectivity index (χ3v) is 2.50. The van der Waals surface area contributed by atoms with E-state index in [1.807, 2.05) is 0 Å². The van der Waals surface area contributed by atoms with Gasteiger partial charge in [0.15, 0.2) is 17.9 Å². The summed E-state index contributed by atoms with van der Waals surface area (Å²) in [6.07, 6.45) is 1.66. The number of hydrogen-bond donors (Lipinski definition) is 1. The molecule has 7 heteroatoms. The largest absolute Gasteiger partial charge is 0.451 e. The molecule has 0 saturated heterocycles. The Hall–Kier alpha value is -2.21. The number of benzene rings is 1. The van der Waals surface area contributed by atoms with Crippen molar-refractivity contribution in [3.63, 3.8) is 0 Å². The summed E-state index contributed by atoms with van der Waals surface area (Å²) in [5.74, 6) is -2.04. The van der Waals surface area contributed by atoms with E-state index in [1.54, 1.807) is 0 Å². The van der Waals surface area contributed by atoms with E-state index in [1.165, 1.54) is 12.3 Å². The average Bonchev–Trinajstić information content (AvgIpc) is 2.34. The molecule has 0 radical (unpaired) electrons. The number of halogens is 3. The standard InChI is InChI=1S/C12H7ClF2N2O2/c13-8-1-6(14)2-9(15)12(8)19-7-3-10(16)11(5-18)17-4-7/h1-5H,16H2. The van der Waals surface area contributed by atoms with Crippen LogP contribution < -0.4 is 10.5 Å². The van der Waals surface area contributed by atoms with Crippen LogP contribution in [0.1, 0.15) is 10.5 Å². The molecule has 1 heterocycles. The molecule has 98 valence electrons. The van der Waals surface area contributed by atoms with E-state index in [2.05, 4.69) is 4.98 Å². The van der Waals surface area contributed by atoms with Gasteiger partial charge in [0.25, 0.3) is 0 Å². The third kappa shape index (κ3) is 2.79. The first-order valence-electron chi connectivity index (χ1n) is 5.04. The molecular weight excluding hydrogens is 278 g/mol. The van der Waals surface area contributed by atoms with Gasteiger partial charge in [-0.2, -0.15) is 0 Å². The number of ether oxygens (including phenoxy) is 1. The second-order valence-corrected chi connectivity index (χ2v) is 3.97. The Balaban J connectivity index is 2.36. The highest BCUT2D eigenvalue weighted by atomic mass is 35.5. The second-order valence-electron chi connectivity index (χ2n) is 3.56. The molecule has 0 spiro atoms. The van der Waals surface area contributed by atoms with Gasteiger partial charge in [0.2, 0.25) is 0 Å². The van der Waals surface area contributed by atoms with Crippen LogP contribution in [-0.4, -0.2) is 11.3 Å². The Kier molecular flexibility index (Phi) is 3.62. The summed E-state index contributed by atoms with van der Waals surface area (Å²) < 4.78 is 31.5. The minimum atomic E-state index is -0.956. The fourth-order valence-corrected chi connectivity index (χ4v) is 1.60. The van der Waals surface area contributed by atoms with Gasteiger partial charge in [-0.05, 0) is 6.07 Å². The Labute approximate surface area is 111 Å². The molecule has 2 rings (SSSR count). The van der Waals surface area contributed by atoms with Crippen molar-refractivity contribution < 1.29 is 18.3 Å². The molecule has 0 unspecified atom stereocenters. The van der Waals surface area contributed by atoms with Gasteiger partial charge in [-0.3, -0.25) is 4.79 Å². The van der Waals surface area contributed by atoms with Crippen molar-refractivity contribution in [2.75, 3.05) is 5.73 Å². The van der Waals surface area contributed by atoms with Crippen molar-refractivity contribution in [2.24, 2.45) is 0 Å². The minimum Gasteiger partial charge on any atom is -0.451 e. The first kappa shape index (κ1) is 13.2. The first-order valence-corrected chi connectivity index (χ1v) is 5.42. The fraction of sp³-hybridized carbons (Fsp3) is 0. The van der Waals surface area contributed by atoms with Gasteiger partial charge in [-0.25, -0.2) is 13.8 Å². The number of carbonyl (C=O) groups excluding carboxylic acids is 1. The number of nitrogens with two attached hydrogens (primary N) is 1. The highest BCUT2D eigenvalue weighted by Crippen LogP contribution is 2.33. The van der Waals surface area contributed by atoms with E-state index < -0.39 is 11.6 Å². The fourth-order valence-electron chi connectivity index (χ4n) is 1.37. The van der Waals surface area contributed by atoms with Gasteiger partial charge in [-0.1, -0.05) is 11.6 Å². The van der Waals surface area contributed by atoms with Crippen LogP contribution in [0.4, 0.5) is 14.5 Å². The van der Waals surface area contributed by atoms with E-state index in [0.717, 1.165) is 6.07 Å². The molecule has 0 amide bonds. The molecule has 0 bridgehead atoms. The number of pyridine rings is 1. The molecular formula is C12H7ClF2N2O2. The molecule has 0 fully saturated rings. The average molecular weight is 285 g/mol. The van der Waals surface area contributed by atoms with E-state index in [0.29, 0.717) is 12.4 Å². The molecule has 2 aromatic rings. The third-order valence-electron chi connectivity index (χ3n) is 2.22. The SMILES string of the molecule is Nc1cc(Oc2c(F)cc(F)cc2Cl)cnc1C=O. The Morgan fingerprint density at radius 2 is 2.05 bits per heavy atom. The van der Waals surface area contributed by atoms with E-state index in [-0.39, 0.29) is 27.9 Å². The van der Waals surface area contributed by atoms with Gasteiger partial charge in [-0.15, -0.1) is 0 Å². The maximum atomic E-state index is 13.5. The number of hydrogen-bond acceptors (Lipinski definition) is 4. The summed E-state index contributed by atoms with van der Waals surface area (Å²) in [5.41, 5.74) is 5.64. The van der Waals surface area contributed by atoms with Crippen LogP contribution in [0.25, 0.3) is 0 Å². The number of nitrogens with zero attached hydrogens (tertiary/aromatic N) is 1. The van der Waals surface area contributed by atoms with E-state index in [4.69, 9.17) is 22.1 Å². The van der Waals surface area contributed by atoms with Crippen molar-refractivity contribution in [1.82, 2.24) is 4.98 Å². The van der Waals surface area contributed by atoms with Gasteiger partial charge < -0.3 is 10.5 Å². The maximum Gasteiger partial charge on any atom is 0.181 e. The number of aldehydes is 1. The number of carbonyl (C=O) groups is 1. The molecule has 0 aliphatic heterocycles. The Morgan fingerprint density at radius 1 is 1.32 bits per heavy atom. The highest BCUT2D eigenvalue weighted by molar-refractivity contribution is 6.32. The first-order chi connectivity index (χ1) is 9.01. The minimum absolute atomic E-state index is 0.0398. The predicted octanol–water partition coefficient (Wildman–Crippen LogP) is 3.20. The van der Waals surface area contributed by atoms with E-state index in [9.17, 15) is 13.6 Å². The lowest BCUT2D eigenvalue weighted by atomic mass is 10.3.